The van der Waals surface area contributed by atoms with Gasteiger partial charge in [-0.1, -0.05) is 72.8 Å². The fourth-order valence-electron chi connectivity index (χ4n) is 5.66. The number of phenolic OH excluding ortho intramolecular Hbond substituents is 1. The highest BCUT2D eigenvalue weighted by atomic mass is 16.6. The van der Waals surface area contributed by atoms with Gasteiger partial charge in [-0.2, -0.15) is 0 Å². The van der Waals surface area contributed by atoms with Gasteiger partial charge in [0.1, 0.15) is 36.2 Å². The van der Waals surface area contributed by atoms with E-state index in [1.807, 2.05) is 54.6 Å². The number of phenols is 1. The number of aromatic hydroxyl groups is 1. The summed E-state index contributed by atoms with van der Waals surface area (Å²) in [6.45, 7) is 0.659. The first-order valence-corrected chi connectivity index (χ1v) is 16.2. The summed E-state index contributed by atoms with van der Waals surface area (Å²) in [5.41, 5.74) is 8.71. The van der Waals surface area contributed by atoms with E-state index in [0.29, 0.717) is 24.9 Å². The summed E-state index contributed by atoms with van der Waals surface area (Å²) in [5.74, 6) is -1.41. The molecular formula is C37H43N3O8. The second-order valence-electron chi connectivity index (χ2n) is 11.6. The van der Waals surface area contributed by atoms with Gasteiger partial charge < -0.3 is 45.2 Å². The number of aliphatic hydroxyl groups is 1. The van der Waals surface area contributed by atoms with Crippen LogP contribution in [0.4, 0.5) is 0 Å². The summed E-state index contributed by atoms with van der Waals surface area (Å²) >= 11 is 0. The Morgan fingerprint density at radius 2 is 1.81 bits per heavy atom. The highest BCUT2D eigenvalue weighted by molar-refractivity contribution is 5.96. The number of unbranched alkanes of at least 4 members (excludes halogenated alkanes) is 1. The second-order valence-corrected chi connectivity index (χ2v) is 11.6. The van der Waals surface area contributed by atoms with Gasteiger partial charge in [0.05, 0.1) is 32.3 Å². The van der Waals surface area contributed by atoms with Crippen LogP contribution in [0.2, 0.25) is 0 Å². The minimum absolute atomic E-state index is 0.00366. The molecule has 0 saturated heterocycles. The quantitative estimate of drug-likeness (QED) is 0.119. The predicted octanol–water partition coefficient (Wildman–Crippen LogP) is 3.87. The fraction of sp³-hybridized carbons (Fsp3) is 0.351. The molecule has 11 heteroatoms. The number of cyclic esters (lactones) is 1. The van der Waals surface area contributed by atoms with Gasteiger partial charge in [0.2, 0.25) is 5.91 Å². The summed E-state index contributed by atoms with van der Waals surface area (Å²) in [6, 6.07) is 20.9. The number of benzene rings is 3. The van der Waals surface area contributed by atoms with Crippen LogP contribution in [0.1, 0.15) is 39.9 Å². The zero-order chi connectivity index (χ0) is 33.7. The molecule has 0 aliphatic carbocycles. The number of nitrogens with one attached hydrogen (secondary N) is 2. The van der Waals surface area contributed by atoms with Crippen molar-refractivity contribution in [3.63, 3.8) is 0 Å². The van der Waals surface area contributed by atoms with E-state index in [0.717, 1.165) is 22.0 Å². The second kappa shape index (κ2) is 17.6. The van der Waals surface area contributed by atoms with E-state index in [1.165, 1.54) is 6.07 Å². The number of nitrogens with two attached hydrogens (primary N) is 1. The molecule has 4 atom stereocenters. The van der Waals surface area contributed by atoms with Crippen LogP contribution in [0.5, 0.6) is 5.75 Å². The number of para-hydroxylation sites is 1. The topological polar surface area (TPSA) is 165 Å². The van der Waals surface area contributed by atoms with Gasteiger partial charge in [0.15, 0.2) is 0 Å². The lowest BCUT2D eigenvalue weighted by Crippen LogP contribution is -2.56. The third-order valence-corrected chi connectivity index (χ3v) is 8.17. The molecule has 1 aliphatic heterocycles. The van der Waals surface area contributed by atoms with Gasteiger partial charge in [0, 0.05) is 23.7 Å². The van der Waals surface area contributed by atoms with Crippen LogP contribution < -0.4 is 11.1 Å². The maximum Gasteiger partial charge on any atom is 0.342 e. The van der Waals surface area contributed by atoms with Crippen LogP contribution in [0.3, 0.4) is 0 Å². The van der Waals surface area contributed by atoms with E-state index in [4.69, 9.17) is 24.7 Å². The van der Waals surface area contributed by atoms with Crippen molar-refractivity contribution >= 4 is 28.9 Å². The molecule has 1 amide bonds. The third kappa shape index (κ3) is 9.30. The smallest absolute Gasteiger partial charge is 0.342 e. The van der Waals surface area contributed by atoms with Crippen molar-refractivity contribution in [2.75, 3.05) is 33.0 Å². The molecule has 1 unspecified atom stereocenters. The van der Waals surface area contributed by atoms with E-state index < -0.39 is 30.3 Å². The fourth-order valence-corrected chi connectivity index (χ4v) is 5.66. The van der Waals surface area contributed by atoms with E-state index in [1.54, 1.807) is 30.5 Å². The normalized spacial score (nSPS) is 21.2. The molecule has 2 heterocycles. The Bertz CT molecular complexity index is 1660. The predicted molar refractivity (Wildman–Crippen MR) is 181 cm³/mol. The van der Waals surface area contributed by atoms with Crippen LogP contribution in [-0.4, -0.2) is 84.4 Å². The lowest BCUT2D eigenvalue weighted by atomic mass is 10.00. The van der Waals surface area contributed by atoms with Crippen molar-refractivity contribution in [1.82, 2.24) is 10.3 Å². The Balaban J connectivity index is 1.46. The first-order valence-electron chi connectivity index (χ1n) is 16.2. The lowest BCUT2D eigenvalue weighted by molar-refractivity contribution is -0.150. The molecule has 0 radical (unpaired) electrons. The highest BCUT2D eigenvalue weighted by Crippen LogP contribution is 2.25. The third-order valence-electron chi connectivity index (χ3n) is 8.17. The summed E-state index contributed by atoms with van der Waals surface area (Å²) < 4.78 is 24.2. The molecule has 11 nitrogen and oxygen atoms in total. The van der Waals surface area contributed by atoms with Crippen molar-refractivity contribution in [3.05, 3.63) is 107 Å². The number of hydrogen-bond acceptors (Lipinski definition) is 9. The van der Waals surface area contributed by atoms with Gasteiger partial charge in [-0.15, -0.1) is 0 Å². The number of H-pyrrole nitrogens is 1. The summed E-state index contributed by atoms with van der Waals surface area (Å²) in [6.07, 6.45) is 3.20. The Kier molecular flexibility index (Phi) is 12.7. The zero-order valence-corrected chi connectivity index (χ0v) is 26.8. The molecule has 0 bridgehead atoms. The number of hydrogen-bond donors (Lipinski definition) is 5. The molecule has 0 saturated carbocycles. The van der Waals surface area contributed by atoms with Gasteiger partial charge in [0.25, 0.3) is 0 Å². The SMILES string of the molecule is NCCCCOC1[C@@H](NC(=O)Cc2c[nH]c3ccccc23)COC(=O)c2c(O)cccc2/C=C/COC[C@@H](OCc2ccccc2)[C@H]1O. The number of esters is 1. The maximum absolute atomic E-state index is 13.6. The number of carbonyl (C=O) groups excluding carboxylic acids is 2. The Morgan fingerprint density at radius 3 is 2.65 bits per heavy atom. The Labute approximate surface area is 279 Å². The largest absolute Gasteiger partial charge is 0.507 e. The number of rotatable bonds is 11. The number of aromatic amines is 1. The van der Waals surface area contributed by atoms with Crippen molar-refractivity contribution in [3.8, 4) is 5.75 Å². The number of aliphatic hydroxyl groups excluding tert-OH is 1. The molecular weight excluding hydrogens is 614 g/mol. The Hall–Kier alpha value is -4.52. The van der Waals surface area contributed by atoms with Crippen LogP contribution >= 0.6 is 0 Å². The molecule has 4 aromatic rings. The molecule has 0 fully saturated rings. The van der Waals surface area contributed by atoms with E-state index in [9.17, 15) is 19.8 Å². The average Bonchev–Trinajstić information content (AvgIpc) is 3.50. The van der Waals surface area contributed by atoms with Crippen LogP contribution in [0.15, 0.2) is 85.1 Å². The Morgan fingerprint density at radius 1 is 1.00 bits per heavy atom. The van der Waals surface area contributed by atoms with E-state index in [2.05, 4.69) is 10.3 Å². The van der Waals surface area contributed by atoms with Crippen LogP contribution in [0, 0.1) is 0 Å². The van der Waals surface area contributed by atoms with Crippen molar-refractivity contribution in [2.24, 2.45) is 5.73 Å². The number of aromatic nitrogens is 1. The summed E-state index contributed by atoms with van der Waals surface area (Å²) in [4.78, 5) is 30.2. The zero-order valence-electron chi connectivity index (χ0n) is 26.8. The molecule has 5 rings (SSSR count). The molecule has 0 spiro atoms. The number of carbonyl (C=O) groups is 2. The lowest BCUT2D eigenvalue weighted by Gasteiger charge is -2.35. The summed E-state index contributed by atoms with van der Waals surface area (Å²) in [5, 5.41) is 26.4. The van der Waals surface area contributed by atoms with Crippen molar-refractivity contribution in [1.29, 1.82) is 0 Å². The van der Waals surface area contributed by atoms with Gasteiger partial charge in [-0.05, 0) is 48.2 Å². The number of amides is 1. The first kappa shape index (κ1) is 34.8. The number of ether oxygens (including phenoxy) is 4. The first-order chi connectivity index (χ1) is 23.4. The molecule has 1 aliphatic rings. The number of fused-ring (bicyclic) bond motifs is 2. The maximum atomic E-state index is 13.6. The highest BCUT2D eigenvalue weighted by Gasteiger charge is 2.37. The molecule has 6 N–H and O–H groups in total. The molecule has 1 aromatic heterocycles. The molecule has 254 valence electrons. The van der Waals surface area contributed by atoms with Gasteiger partial charge in [-0.25, -0.2) is 4.79 Å². The minimum Gasteiger partial charge on any atom is -0.507 e. The molecule has 48 heavy (non-hydrogen) atoms. The monoisotopic (exact) mass is 657 g/mol. The summed E-state index contributed by atoms with van der Waals surface area (Å²) in [7, 11) is 0. The van der Waals surface area contributed by atoms with Gasteiger partial charge >= 0.3 is 5.97 Å². The van der Waals surface area contributed by atoms with E-state index >= 15 is 0 Å². The van der Waals surface area contributed by atoms with Crippen LogP contribution in [0.25, 0.3) is 17.0 Å². The standard InChI is InChI=1S/C37H43N3O8/c38-17-6-7-19-46-36-30(40-33(42)20-27-21-39-29-15-5-4-14-28(27)29)23-48-37(44)34-26(12-8-16-31(34)41)13-9-18-45-24-32(35(36)43)47-22-25-10-2-1-3-11-25/h1-5,8-16,21,30,32,35-36,39,41,43H,6-7,17-20,22-24,38H2,(H,40,42)/b13-9+/t30-,32+,35+,36?/m0/s1. The van der Waals surface area contributed by atoms with Gasteiger partial charge in [-0.3, -0.25) is 4.79 Å². The van der Waals surface area contributed by atoms with Crippen LogP contribution in [-0.2, 0) is 36.8 Å². The van der Waals surface area contributed by atoms with E-state index in [-0.39, 0.29) is 56.7 Å². The van der Waals surface area contributed by atoms with Crippen molar-refractivity contribution < 1.29 is 38.7 Å². The minimum atomic E-state index is -1.31. The van der Waals surface area contributed by atoms with Crippen molar-refractivity contribution in [2.45, 2.75) is 50.2 Å². The molecule has 3 aromatic carbocycles. The average molecular weight is 658 g/mol.